The maximum atomic E-state index is 13.9. The molecule has 3 heteroatoms. The van der Waals surface area contributed by atoms with Gasteiger partial charge in [-0.05, 0) is 53.8 Å². The number of nitrogens with one attached hydrogen (secondary N) is 1. The molecule has 2 aromatic carbocycles. The van der Waals surface area contributed by atoms with Gasteiger partial charge in [-0.1, -0.05) is 31.2 Å². The minimum Gasteiger partial charge on any atom is -0.494 e. The first-order valence-corrected chi connectivity index (χ1v) is 7.43. The van der Waals surface area contributed by atoms with E-state index in [-0.39, 0.29) is 11.6 Å². The summed E-state index contributed by atoms with van der Waals surface area (Å²) in [6.07, 6.45) is 2.15. The molecular formula is C18H20FNO. The molecule has 0 saturated carbocycles. The number of methoxy groups -OCH3 is 1. The summed E-state index contributed by atoms with van der Waals surface area (Å²) in [7, 11) is 1.49. The van der Waals surface area contributed by atoms with Gasteiger partial charge in [-0.15, -0.1) is 0 Å². The summed E-state index contributed by atoms with van der Waals surface area (Å²) in [5, 5.41) is 3.51. The largest absolute Gasteiger partial charge is 0.494 e. The van der Waals surface area contributed by atoms with Crippen LogP contribution in [-0.2, 0) is 6.42 Å². The fourth-order valence-corrected chi connectivity index (χ4v) is 3.22. The van der Waals surface area contributed by atoms with Crippen LogP contribution in [0.15, 0.2) is 36.4 Å². The van der Waals surface area contributed by atoms with Crippen molar-refractivity contribution < 1.29 is 9.13 Å². The van der Waals surface area contributed by atoms with Crippen molar-refractivity contribution in [1.29, 1.82) is 0 Å². The van der Waals surface area contributed by atoms with Crippen LogP contribution >= 0.6 is 0 Å². The first-order chi connectivity index (χ1) is 10.2. The molecule has 0 saturated heterocycles. The van der Waals surface area contributed by atoms with E-state index >= 15 is 0 Å². The van der Waals surface area contributed by atoms with E-state index in [0.29, 0.717) is 6.04 Å². The molecule has 0 heterocycles. The van der Waals surface area contributed by atoms with Crippen molar-refractivity contribution in [2.75, 3.05) is 13.7 Å². The Kier molecular flexibility index (Phi) is 3.93. The van der Waals surface area contributed by atoms with Crippen molar-refractivity contribution >= 4 is 0 Å². The van der Waals surface area contributed by atoms with E-state index in [2.05, 4.69) is 30.4 Å². The van der Waals surface area contributed by atoms with Crippen LogP contribution in [0.5, 0.6) is 5.75 Å². The molecule has 110 valence electrons. The van der Waals surface area contributed by atoms with Gasteiger partial charge in [-0.2, -0.15) is 0 Å². The van der Waals surface area contributed by atoms with Gasteiger partial charge in [0.05, 0.1) is 7.11 Å². The standard InChI is InChI=1S/C18H20FNO/c1-3-20-17-9-8-14-13(5-4-6-15(14)17)12-7-10-18(21-2)16(19)11-12/h4-7,10-11,17,20H,3,8-9H2,1-2H3. The molecular weight excluding hydrogens is 265 g/mol. The van der Waals surface area contributed by atoms with E-state index in [1.807, 2.05) is 6.07 Å². The summed E-state index contributed by atoms with van der Waals surface area (Å²) in [5.41, 5.74) is 4.75. The van der Waals surface area contributed by atoms with Crippen molar-refractivity contribution in [2.45, 2.75) is 25.8 Å². The lowest BCUT2D eigenvalue weighted by Crippen LogP contribution is -2.18. The molecule has 1 aliphatic rings. The third-order valence-electron chi connectivity index (χ3n) is 4.18. The van der Waals surface area contributed by atoms with E-state index in [1.165, 1.54) is 18.2 Å². The molecule has 0 bridgehead atoms. The van der Waals surface area contributed by atoms with Crippen LogP contribution in [0.1, 0.15) is 30.5 Å². The van der Waals surface area contributed by atoms with Gasteiger partial charge < -0.3 is 10.1 Å². The predicted octanol–water partition coefficient (Wildman–Crippen LogP) is 4.10. The second kappa shape index (κ2) is 5.86. The summed E-state index contributed by atoms with van der Waals surface area (Å²) in [6.45, 7) is 3.09. The highest BCUT2D eigenvalue weighted by atomic mass is 19.1. The van der Waals surface area contributed by atoms with Crippen LogP contribution in [0.3, 0.4) is 0 Å². The third-order valence-corrected chi connectivity index (χ3v) is 4.18. The second-order valence-electron chi connectivity index (χ2n) is 5.37. The zero-order valence-corrected chi connectivity index (χ0v) is 12.4. The summed E-state index contributed by atoms with van der Waals surface area (Å²) in [5.74, 6) is -0.0225. The number of ether oxygens (including phenoxy) is 1. The first kappa shape index (κ1) is 14.1. The van der Waals surface area contributed by atoms with Gasteiger partial charge in [-0.3, -0.25) is 0 Å². The Hall–Kier alpha value is -1.87. The molecule has 1 N–H and O–H groups in total. The van der Waals surface area contributed by atoms with Crippen molar-refractivity contribution in [3.05, 3.63) is 53.3 Å². The van der Waals surface area contributed by atoms with Gasteiger partial charge >= 0.3 is 0 Å². The van der Waals surface area contributed by atoms with E-state index in [9.17, 15) is 4.39 Å². The Morgan fingerprint density at radius 3 is 2.86 bits per heavy atom. The Bertz CT molecular complexity index is 654. The molecule has 0 aliphatic heterocycles. The van der Waals surface area contributed by atoms with Gasteiger partial charge in [0.2, 0.25) is 0 Å². The Balaban J connectivity index is 2.03. The lowest BCUT2D eigenvalue weighted by molar-refractivity contribution is 0.386. The van der Waals surface area contributed by atoms with Gasteiger partial charge in [-0.25, -0.2) is 4.39 Å². The monoisotopic (exact) mass is 285 g/mol. The lowest BCUT2D eigenvalue weighted by Gasteiger charge is -2.14. The lowest BCUT2D eigenvalue weighted by atomic mass is 9.96. The highest BCUT2D eigenvalue weighted by Crippen LogP contribution is 2.38. The van der Waals surface area contributed by atoms with Crippen molar-refractivity contribution in [3.63, 3.8) is 0 Å². The van der Waals surface area contributed by atoms with E-state index in [1.54, 1.807) is 12.1 Å². The van der Waals surface area contributed by atoms with Gasteiger partial charge in [0.15, 0.2) is 11.6 Å². The molecule has 0 spiro atoms. The molecule has 1 atom stereocenters. The van der Waals surface area contributed by atoms with Crippen LogP contribution in [0.2, 0.25) is 0 Å². The van der Waals surface area contributed by atoms with Crippen LogP contribution in [-0.4, -0.2) is 13.7 Å². The topological polar surface area (TPSA) is 21.3 Å². The molecule has 2 aromatic rings. The normalized spacial score (nSPS) is 16.8. The van der Waals surface area contributed by atoms with Crippen molar-refractivity contribution in [2.24, 2.45) is 0 Å². The van der Waals surface area contributed by atoms with Crippen molar-refractivity contribution in [3.8, 4) is 16.9 Å². The van der Waals surface area contributed by atoms with Gasteiger partial charge in [0, 0.05) is 6.04 Å². The summed E-state index contributed by atoms with van der Waals surface area (Å²) in [6, 6.07) is 11.9. The molecule has 3 rings (SSSR count). The van der Waals surface area contributed by atoms with Crippen LogP contribution in [0.25, 0.3) is 11.1 Å². The zero-order chi connectivity index (χ0) is 14.8. The fourth-order valence-electron chi connectivity index (χ4n) is 3.22. The molecule has 21 heavy (non-hydrogen) atoms. The summed E-state index contributed by atoms with van der Waals surface area (Å²) < 4.78 is 18.9. The van der Waals surface area contributed by atoms with E-state index in [4.69, 9.17) is 4.74 Å². The smallest absolute Gasteiger partial charge is 0.165 e. The highest BCUT2D eigenvalue weighted by molar-refractivity contribution is 5.70. The van der Waals surface area contributed by atoms with Gasteiger partial charge in [0.25, 0.3) is 0 Å². The molecule has 0 aromatic heterocycles. The Morgan fingerprint density at radius 2 is 2.14 bits per heavy atom. The highest BCUT2D eigenvalue weighted by Gasteiger charge is 2.24. The third kappa shape index (κ3) is 2.54. The SMILES string of the molecule is CCNC1CCc2c(-c3ccc(OC)c(F)c3)cccc21. The molecule has 1 aliphatic carbocycles. The minimum absolute atomic E-state index is 0.289. The van der Waals surface area contributed by atoms with Gasteiger partial charge in [0.1, 0.15) is 0 Å². The molecule has 0 fully saturated rings. The molecule has 0 radical (unpaired) electrons. The first-order valence-electron chi connectivity index (χ1n) is 7.43. The number of hydrogen-bond acceptors (Lipinski definition) is 2. The van der Waals surface area contributed by atoms with Crippen molar-refractivity contribution in [1.82, 2.24) is 5.32 Å². The average Bonchev–Trinajstić information content (AvgIpc) is 2.91. The minimum atomic E-state index is -0.311. The number of benzene rings is 2. The van der Waals surface area contributed by atoms with Crippen LogP contribution in [0, 0.1) is 5.82 Å². The van der Waals surface area contributed by atoms with Crippen LogP contribution < -0.4 is 10.1 Å². The quantitative estimate of drug-likeness (QED) is 0.913. The predicted molar refractivity (Wildman–Crippen MR) is 83.1 cm³/mol. The maximum Gasteiger partial charge on any atom is 0.165 e. The number of halogens is 1. The summed E-state index contributed by atoms with van der Waals surface area (Å²) in [4.78, 5) is 0. The molecule has 0 amide bonds. The van der Waals surface area contributed by atoms with E-state index in [0.717, 1.165) is 30.5 Å². The molecule has 1 unspecified atom stereocenters. The fraction of sp³-hybridized carbons (Fsp3) is 0.333. The average molecular weight is 285 g/mol. The number of fused-ring (bicyclic) bond motifs is 1. The van der Waals surface area contributed by atoms with E-state index < -0.39 is 0 Å². The zero-order valence-electron chi connectivity index (χ0n) is 12.4. The maximum absolute atomic E-state index is 13.9. The Morgan fingerprint density at radius 1 is 1.29 bits per heavy atom. The Labute approximate surface area is 125 Å². The molecule has 2 nitrogen and oxygen atoms in total. The summed E-state index contributed by atoms with van der Waals surface area (Å²) >= 11 is 0. The number of rotatable bonds is 4. The van der Waals surface area contributed by atoms with Crippen LogP contribution in [0.4, 0.5) is 4.39 Å². The second-order valence-corrected chi connectivity index (χ2v) is 5.37. The number of hydrogen-bond donors (Lipinski definition) is 1.